The highest BCUT2D eigenvalue weighted by Crippen LogP contribution is 2.27. The first-order valence-electron chi connectivity index (χ1n) is 5.39. The summed E-state index contributed by atoms with van der Waals surface area (Å²) < 4.78 is 41.8. The van der Waals surface area contributed by atoms with Gasteiger partial charge in [-0.1, -0.05) is 19.3 Å². The van der Waals surface area contributed by atoms with Crippen LogP contribution >= 0.6 is 0 Å². The van der Waals surface area contributed by atoms with Crippen molar-refractivity contribution in [1.29, 1.82) is 0 Å². The van der Waals surface area contributed by atoms with E-state index in [0.29, 0.717) is 6.42 Å². The van der Waals surface area contributed by atoms with Crippen LogP contribution in [0.2, 0.25) is 0 Å². The van der Waals surface area contributed by atoms with Gasteiger partial charge < -0.3 is 10.5 Å². The molecular formula is C10H18F3NO. The second-order valence-corrected chi connectivity index (χ2v) is 4.16. The van der Waals surface area contributed by atoms with Crippen molar-refractivity contribution in [2.45, 2.75) is 63.5 Å². The molecule has 0 aromatic heterocycles. The monoisotopic (exact) mass is 225 g/mol. The molecule has 0 heterocycles. The van der Waals surface area contributed by atoms with Crippen LogP contribution in [0, 0.1) is 0 Å². The Hall–Kier alpha value is -0.290. The van der Waals surface area contributed by atoms with Gasteiger partial charge in [-0.15, -0.1) is 0 Å². The molecule has 2 N–H and O–H groups in total. The van der Waals surface area contributed by atoms with Crippen LogP contribution in [0.1, 0.15) is 39.0 Å². The van der Waals surface area contributed by atoms with Gasteiger partial charge in [0.15, 0.2) is 6.10 Å². The molecule has 3 unspecified atom stereocenters. The molecule has 0 aromatic carbocycles. The zero-order valence-corrected chi connectivity index (χ0v) is 8.89. The Kier molecular flexibility index (Phi) is 4.40. The Morgan fingerprint density at radius 1 is 1.20 bits per heavy atom. The Labute approximate surface area is 88.0 Å². The first kappa shape index (κ1) is 12.8. The highest BCUT2D eigenvalue weighted by molar-refractivity contribution is 4.79. The van der Waals surface area contributed by atoms with Crippen molar-refractivity contribution in [3.63, 3.8) is 0 Å². The van der Waals surface area contributed by atoms with Crippen molar-refractivity contribution >= 4 is 0 Å². The first-order valence-corrected chi connectivity index (χ1v) is 5.39. The molecule has 1 fully saturated rings. The fourth-order valence-electron chi connectivity index (χ4n) is 1.81. The lowest BCUT2D eigenvalue weighted by molar-refractivity contribution is -0.229. The summed E-state index contributed by atoms with van der Waals surface area (Å²) in [4.78, 5) is 0. The topological polar surface area (TPSA) is 35.2 Å². The molecule has 0 radical (unpaired) electrons. The molecule has 2 nitrogen and oxygen atoms in total. The molecule has 3 atom stereocenters. The fourth-order valence-corrected chi connectivity index (χ4v) is 1.81. The molecule has 90 valence electrons. The molecule has 0 aliphatic heterocycles. The molecule has 0 saturated heterocycles. The van der Waals surface area contributed by atoms with Crippen molar-refractivity contribution in [1.82, 2.24) is 0 Å². The average molecular weight is 225 g/mol. The smallest absolute Gasteiger partial charge is 0.364 e. The lowest BCUT2D eigenvalue weighted by atomic mass is 10.1. The van der Waals surface area contributed by atoms with E-state index < -0.39 is 18.4 Å². The van der Waals surface area contributed by atoms with E-state index in [-0.39, 0.29) is 6.04 Å². The van der Waals surface area contributed by atoms with E-state index in [1.807, 2.05) is 0 Å². The van der Waals surface area contributed by atoms with E-state index >= 15 is 0 Å². The highest BCUT2D eigenvalue weighted by Gasteiger charge is 2.39. The number of halogens is 3. The van der Waals surface area contributed by atoms with Gasteiger partial charge in [0.05, 0.1) is 6.10 Å². The summed E-state index contributed by atoms with van der Waals surface area (Å²) in [6, 6.07) is -0.252. The van der Waals surface area contributed by atoms with Crippen LogP contribution in [0.15, 0.2) is 0 Å². The number of ether oxygens (including phenoxy) is 1. The summed E-state index contributed by atoms with van der Waals surface area (Å²) in [7, 11) is 0. The van der Waals surface area contributed by atoms with Gasteiger partial charge in [0.2, 0.25) is 0 Å². The lowest BCUT2D eigenvalue weighted by Crippen LogP contribution is -2.41. The van der Waals surface area contributed by atoms with E-state index in [2.05, 4.69) is 0 Å². The minimum absolute atomic E-state index is 0.252. The van der Waals surface area contributed by atoms with E-state index in [1.54, 1.807) is 0 Å². The number of nitrogens with two attached hydrogens (primary N) is 1. The standard InChI is InChI=1S/C10H18F3NO/c1-7(10(11,12)13)15-9-6-4-2-3-5-8(9)14/h7-9H,2-6,14H2,1H3. The third-order valence-electron chi connectivity index (χ3n) is 2.84. The van der Waals surface area contributed by atoms with Crippen LogP contribution in [0.5, 0.6) is 0 Å². The molecule has 15 heavy (non-hydrogen) atoms. The van der Waals surface area contributed by atoms with Gasteiger partial charge in [-0.25, -0.2) is 0 Å². The quantitative estimate of drug-likeness (QED) is 0.733. The van der Waals surface area contributed by atoms with Gasteiger partial charge >= 0.3 is 6.18 Å². The van der Waals surface area contributed by atoms with Crippen LogP contribution < -0.4 is 5.73 Å². The molecule has 1 saturated carbocycles. The van der Waals surface area contributed by atoms with Crippen LogP contribution in [0.3, 0.4) is 0 Å². The van der Waals surface area contributed by atoms with Gasteiger partial charge in [0.25, 0.3) is 0 Å². The molecule has 1 aliphatic rings. The summed E-state index contributed by atoms with van der Waals surface area (Å²) in [6.45, 7) is 1.04. The predicted octanol–water partition coefficient (Wildman–Crippen LogP) is 2.61. The van der Waals surface area contributed by atoms with E-state index in [9.17, 15) is 13.2 Å². The maximum absolute atomic E-state index is 12.3. The van der Waals surface area contributed by atoms with Gasteiger partial charge in [-0.05, 0) is 19.8 Å². The molecule has 0 aromatic rings. The maximum Gasteiger partial charge on any atom is 0.414 e. The average Bonchev–Trinajstić information content (AvgIpc) is 2.30. The summed E-state index contributed by atoms with van der Waals surface area (Å²) in [5.74, 6) is 0. The number of hydrogen-bond donors (Lipinski definition) is 1. The Balaban J connectivity index is 2.48. The van der Waals surface area contributed by atoms with Gasteiger partial charge in [0.1, 0.15) is 0 Å². The third kappa shape index (κ3) is 3.99. The van der Waals surface area contributed by atoms with Crippen LogP contribution in [-0.2, 0) is 4.74 Å². The molecule has 0 spiro atoms. The molecule has 5 heteroatoms. The lowest BCUT2D eigenvalue weighted by Gasteiger charge is -2.26. The van der Waals surface area contributed by atoms with Crippen LogP contribution in [0.25, 0.3) is 0 Å². The van der Waals surface area contributed by atoms with Crippen molar-refractivity contribution < 1.29 is 17.9 Å². The SMILES string of the molecule is CC(OC1CCCCCC1N)C(F)(F)F. The van der Waals surface area contributed by atoms with Crippen molar-refractivity contribution in [3.05, 3.63) is 0 Å². The minimum atomic E-state index is -4.29. The van der Waals surface area contributed by atoms with Crippen molar-refractivity contribution in [2.75, 3.05) is 0 Å². The number of rotatable bonds is 2. The van der Waals surface area contributed by atoms with Crippen molar-refractivity contribution in [2.24, 2.45) is 5.73 Å². The minimum Gasteiger partial charge on any atom is -0.364 e. The number of hydrogen-bond acceptors (Lipinski definition) is 2. The Morgan fingerprint density at radius 3 is 2.40 bits per heavy atom. The molecule has 0 bridgehead atoms. The van der Waals surface area contributed by atoms with Gasteiger partial charge in [-0.2, -0.15) is 13.2 Å². The van der Waals surface area contributed by atoms with E-state index in [1.165, 1.54) is 0 Å². The summed E-state index contributed by atoms with van der Waals surface area (Å²) >= 11 is 0. The normalized spacial score (nSPS) is 31.0. The van der Waals surface area contributed by atoms with E-state index in [0.717, 1.165) is 32.6 Å². The summed E-state index contributed by atoms with van der Waals surface area (Å²) in [5, 5.41) is 0. The Bertz CT molecular complexity index is 196. The predicted molar refractivity (Wildman–Crippen MR) is 51.5 cm³/mol. The van der Waals surface area contributed by atoms with Crippen LogP contribution in [-0.4, -0.2) is 24.4 Å². The summed E-state index contributed by atoms with van der Waals surface area (Å²) in [5.41, 5.74) is 5.78. The fraction of sp³-hybridized carbons (Fsp3) is 1.00. The van der Waals surface area contributed by atoms with Gasteiger partial charge in [0, 0.05) is 6.04 Å². The Morgan fingerprint density at radius 2 is 1.80 bits per heavy atom. The van der Waals surface area contributed by atoms with Crippen molar-refractivity contribution in [3.8, 4) is 0 Å². The zero-order chi connectivity index (χ0) is 11.5. The van der Waals surface area contributed by atoms with E-state index in [4.69, 9.17) is 10.5 Å². The molecule has 1 aliphatic carbocycles. The third-order valence-corrected chi connectivity index (χ3v) is 2.84. The maximum atomic E-state index is 12.3. The second-order valence-electron chi connectivity index (χ2n) is 4.16. The second kappa shape index (κ2) is 5.16. The number of alkyl halides is 3. The zero-order valence-electron chi connectivity index (χ0n) is 8.89. The first-order chi connectivity index (χ1) is 6.91. The van der Waals surface area contributed by atoms with Gasteiger partial charge in [-0.3, -0.25) is 0 Å². The summed E-state index contributed by atoms with van der Waals surface area (Å²) in [6.07, 6.45) is -2.11. The largest absolute Gasteiger partial charge is 0.414 e. The molecule has 1 rings (SSSR count). The highest BCUT2D eigenvalue weighted by atomic mass is 19.4. The molecule has 0 amide bonds. The van der Waals surface area contributed by atoms with Crippen LogP contribution in [0.4, 0.5) is 13.2 Å². The molecular weight excluding hydrogens is 207 g/mol.